The topological polar surface area (TPSA) is 64.6 Å². The second-order valence-electron chi connectivity index (χ2n) is 5.35. The van der Waals surface area contributed by atoms with Crippen LogP contribution in [-0.4, -0.2) is 39.7 Å². The second-order valence-corrected chi connectivity index (χ2v) is 7.61. The number of methoxy groups -OCH3 is 1. The molecule has 0 heterocycles. The fourth-order valence-electron chi connectivity index (χ4n) is 2.85. The van der Waals surface area contributed by atoms with Gasteiger partial charge in [-0.15, -0.1) is 0 Å². The Labute approximate surface area is 126 Å². The maximum absolute atomic E-state index is 11.8. The van der Waals surface area contributed by atoms with E-state index in [9.17, 15) is 8.42 Å². The van der Waals surface area contributed by atoms with Crippen molar-refractivity contribution in [3.8, 4) is 11.5 Å². The van der Waals surface area contributed by atoms with Crippen molar-refractivity contribution in [2.75, 3.05) is 25.3 Å². The summed E-state index contributed by atoms with van der Waals surface area (Å²) in [6, 6.07) is 5.54. The Hall–Kier alpha value is -1.43. The second kappa shape index (κ2) is 6.56. The SMILES string of the molecule is CCOc1cc(NC2CCCC2S(C)(=O)=O)ccc1OC. The molecule has 1 aromatic rings. The quantitative estimate of drug-likeness (QED) is 0.874. The Morgan fingerprint density at radius 2 is 2.05 bits per heavy atom. The van der Waals surface area contributed by atoms with E-state index in [0.717, 1.165) is 24.9 Å². The Morgan fingerprint density at radius 1 is 1.29 bits per heavy atom. The van der Waals surface area contributed by atoms with E-state index in [2.05, 4.69) is 5.32 Å². The average molecular weight is 313 g/mol. The molecule has 0 bridgehead atoms. The van der Waals surface area contributed by atoms with Crippen LogP contribution in [0.5, 0.6) is 11.5 Å². The predicted octanol–water partition coefficient (Wildman–Crippen LogP) is 2.47. The van der Waals surface area contributed by atoms with E-state index in [-0.39, 0.29) is 11.3 Å². The van der Waals surface area contributed by atoms with E-state index < -0.39 is 9.84 Å². The van der Waals surface area contributed by atoms with Crippen molar-refractivity contribution in [1.82, 2.24) is 0 Å². The monoisotopic (exact) mass is 313 g/mol. The molecule has 0 aliphatic heterocycles. The van der Waals surface area contributed by atoms with Crippen LogP contribution >= 0.6 is 0 Å². The van der Waals surface area contributed by atoms with Gasteiger partial charge in [0.25, 0.3) is 0 Å². The van der Waals surface area contributed by atoms with Gasteiger partial charge in [0, 0.05) is 24.1 Å². The average Bonchev–Trinajstić information content (AvgIpc) is 2.88. The molecule has 1 aliphatic carbocycles. The van der Waals surface area contributed by atoms with Gasteiger partial charge in [0.2, 0.25) is 0 Å². The molecule has 2 unspecified atom stereocenters. The number of anilines is 1. The Morgan fingerprint density at radius 3 is 2.67 bits per heavy atom. The highest BCUT2D eigenvalue weighted by atomic mass is 32.2. The molecule has 1 fully saturated rings. The number of hydrogen-bond acceptors (Lipinski definition) is 5. The zero-order valence-corrected chi connectivity index (χ0v) is 13.6. The fourth-order valence-corrected chi connectivity index (χ4v) is 4.25. The molecule has 2 rings (SSSR count). The van der Waals surface area contributed by atoms with Crippen molar-refractivity contribution in [3.05, 3.63) is 18.2 Å². The van der Waals surface area contributed by atoms with Crippen LogP contribution in [0, 0.1) is 0 Å². The number of nitrogens with one attached hydrogen (secondary N) is 1. The highest BCUT2D eigenvalue weighted by Crippen LogP contribution is 2.33. The molecule has 118 valence electrons. The maximum atomic E-state index is 11.8. The minimum absolute atomic E-state index is 0.0390. The molecule has 0 aromatic heterocycles. The molecule has 0 amide bonds. The van der Waals surface area contributed by atoms with Gasteiger partial charge in [0.15, 0.2) is 21.3 Å². The van der Waals surface area contributed by atoms with Crippen LogP contribution in [0.25, 0.3) is 0 Å². The summed E-state index contributed by atoms with van der Waals surface area (Å²) in [6.45, 7) is 2.46. The minimum Gasteiger partial charge on any atom is -0.493 e. The summed E-state index contributed by atoms with van der Waals surface area (Å²) in [5.41, 5.74) is 0.861. The van der Waals surface area contributed by atoms with Crippen molar-refractivity contribution in [1.29, 1.82) is 0 Å². The molecule has 0 spiro atoms. The summed E-state index contributed by atoms with van der Waals surface area (Å²) in [5.74, 6) is 1.34. The van der Waals surface area contributed by atoms with Crippen LogP contribution in [-0.2, 0) is 9.84 Å². The third-order valence-electron chi connectivity index (χ3n) is 3.82. The van der Waals surface area contributed by atoms with Crippen molar-refractivity contribution < 1.29 is 17.9 Å². The highest BCUT2D eigenvalue weighted by Gasteiger charge is 2.34. The van der Waals surface area contributed by atoms with E-state index in [1.807, 2.05) is 25.1 Å². The molecular weight excluding hydrogens is 290 g/mol. The van der Waals surface area contributed by atoms with Crippen molar-refractivity contribution in [2.24, 2.45) is 0 Å². The molecular formula is C15H23NO4S. The maximum Gasteiger partial charge on any atom is 0.163 e. The summed E-state index contributed by atoms with van der Waals surface area (Å²) in [5, 5.41) is 3.02. The number of rotatable bonds is 6. The van der Waals surface area contributed by atoms with E-state index in [1.165, 1.54) is 6.26 Å². The van der Waals surface area contributed by atoms with Gasteiger partial charge in [0.05, 0.1) is 19.0 Å². The number of sulfone groups is 1. The van der Waals surface area contributed by atoms with E-state index in [4.69, 9.17) is 9.47 Å². The highest BCUT2D eigenvalue weighted by molar-refractivity contribution is 7.91. The molecule has 1 aromatic carbocycles. The fraction of sp³-hybridized carbons (Fsp3) is 0.600. The number of hydrogen-bond donors (Lipinski definition) is 1. The molecule has 1 aliphatic rings. The molecule has 0 saturated heterocycles. The summed E-state index contributed by atoms with van der Waals surface area (Å²) in [7, 11) is -1.42. The lowest BCUT2D eigenvalue weighted by Gasteiger charge is -2.21. The van der Waals surface area contributed by atoms with Gasteiger partial charge in [-0.1, -0.05) is 0 Å². The standard InChI is InChI=1S/C15H23NO4S/c1-4-20-14-10-11(8-9-13(14)19-2)16-12-6-5-7-15(12)21(3,17)18/h8-10,12,15-16H,4-7H2,1-3H3. The predicted molar refractivity (Wildman–Crippen MR) is 84.1 cm³/mol. The van der Waals surface area contributed by atoms with Crippen molar-refractivity contribution >= 4 is 15.5 Å². The summed E-state index contributed by atoms with van der Waals surface area (Å²) < 4.78 is 34.4. The summed E-state index contributed by atoms with van der Waals surface area (Å²) in [4.78, 5) is 0. The Bertz CT molecular complexity index is 585. The van der Waals surface area contributed by atoms with Crippen LogP contribution in [0.2, 0.25) is 0 Å². The zero-order valence-electron chi connectivity index (χ0n) is 12.8. The van der Waals surface area contributed by atoms with Gasteiger partial charge in [-0.05, 0) is 38.3 Å². The van der Waals surface area contributed by atoms with E-state index in [0.29, 0.717) is 18.1 Å². The van der Waals surface area contributed by atoms with Crippen LogP contribution < -0.4 is 14.8 Å². The first-order valence-electron chi connectivity index (χ1n) is 7.22. The lowest BCUT2D eigenvalue weighted by atomic mass is 10.2. The van der Waals surface area contributed by atoms with Crippen molar-refractivity contribution in [2.45, 2.75) is 37.5 Å². The van der Waals surface area contributed by atoms with Gasteiger partial charge < -0.3 is 14.8 Å². The largest absolute Gasteiger partial charge is 0.493 e. The van der Waals surface area contributed by atoms with Gasteiger partial charge >= 0.3 is 0 Å². The van der Waals surface area contributed by atoms with E-state index in [1.54, 1.807) is 7.11 Å². The van der Waals surface area contributed by atoms with Gasteiger partial charge in [-0.25, -0.2) is 8.42 Å². The summed E-state index contributed by atoms with van der Waals surface area (Å²) in [6.07, 6.45) is 3.85. The lowest BCUT2D eigenvalue weighted by molar-refractivity contribution is 0.311. The van der Waals surface area contributed by atoms with Gasteiger partial charge in [-0.2, -0.15) is 0 Å². The van der Waals surface area contributed by atoms with Gasteiger partial charge in [-0.3, -0.25) is 0 Å². The third kappa shape index (κ3) is 3.81. The van der Waals surface area contributed by atoms with Crippen LogP contribution in [0.15, 0.2) is 18.2 Å². The van der Waals surface area contributed by atoms with Crippen LogP contribution in [0.4, 0.5) is 5.69 Å². The molecule has 1 saturated carbocycles. The minimum atomic E-state index is -3.02. The van der Waals surface area contributed by atoms with Crippen LogP contribution in [0.1, 0.15) is 26.2 Å². The Kier molecular flexibility index (Phi) is 4.98. The van der Waals surface area contributed by atoms with Crippen molar-refractivity contribution in [3.63, 3.8) is 0 Å². The molecule has 21 heavy (non-hydrogen) atoms. The number of ether oxygens (including phenoxy) is 2. The lowest BCUT2D eigenvalue weighted by Crippen LogP contribution is -2.34. The number of benzene rings is 1. The van der Waals surface area contributed by atoms with E-state index >= 15 is 0 Å². The first kappa shape index (κ1) is 15.9. The van der Waals surface area contributed by atoms with Crippen LogP contribution in [0.3, 0.4) is 0 Å². The molecule has 2 atom stereocenters. The first-order valence-corrected chi connectivity index (χ1v) is 9.17. The normalized spacial score (nSPS) is 22.0. The molecule has 1 N–H and O–H groups in total. The summed E-state index contributed by atoms with van der Waals surface area (Å²) >= 11 is 0. The molecule has 0 radical (unpaired) electrons. The molecule has 5 nitrogen and oxygen atoms in total. The first-order chi connectivity index (χ1) is 9.95. The molecule has 6 heteroatoms. The third-order valence-corrected chi connectivity index (χ3v) is 5.48. The Balaban J connectivity index is 2.17. The smallest absolute Gasteiger partial charge is 0.163 e. The van der Waals surface area contributed by atoms with Gasteiger partial charge in [0.1, 0.15) is 0 Å². The zero-order chi connectivity index (χ0) is 15.5.